The lowest BCUT2D eigenvalue weighted by Crippen LogP contribution is -2.32. The van der Waals surface area contributed by atoms with Crippen molar-refractivity contribution >= 4 is 17.4 Å². The van der Waals surface area contributed by atoms with E-state index in [1.165, 1.54) is 12.4 Å². The topological polar surface area (TPSA) is 54.9 Å². The summed E-state index contributed by atoms with van der Waals surface area (Å²) in [7, 11) is 0. The predicted molar refractivity (Wildman–Crippen MR) is 57.0 cm³/mol. The first-order valence-electron chi connectivity index (χ1n) is 5.00. The van der Waals surface area contributed by atoms with Crippen molar-refractivity contribution in [3.63, 3.8) is 0 Å². The molecule has 5 heteroatoms. The van der Waals surface area contributed by atoms with E-state index in [0.29, 0.717) is 10.8 Å². The standard InChI is InChI=1S/C10H12ClN3O/c11-9-5-8(13-6-14-9)10(15)7-1-3-12-4-2-7/h5-7,12H,1-4H2. The Balaban J connectivity index is 2.12. The van der Waals surface area contributed by atoms with Crippen LogP contribution >= 0.6 is 11.6 Å². The van der Waals surface area contributed by atoms with Gasteiger partial charge in [0, 0.05) is 12.0 Å². The average molecular weight is 226 g/mol. The van der Waals surface area contributed by atoms with Gasteiger partial charge in [0.05, 0.1) is 0 Å². The molecule has 80 valence electrons. The largest absolute Gasteiger partial charge is 0.317 e. The number of ketones is 1. The molecule has 0 saturated carbocycles. The molecule has 1 aliphatic rings. The first-order valence-corrected chi connectivity index (χ1v) is 5.37. The monoisotopic (exact) mass is 225 g/mol. The molecular weight excluding hydrogens is 214 g/mol. The van der Waals surface area contributed by atoms with Gasteiger partial charge in [-0.3, -0.25) is 4.79 Å². The minimum Gasteiger partial charge on any atom is -0.317 e. The van der Waals surface area contributed by atoms with Crippen LogP contribution in [0.5, 0.6) is 0 Å². The summed E-state index contributed by atoms with van der Waals surface area (Å²) >= 11 is 5.71. The van der Waals surface area contributed by atoms with Crippen LogP contribution < -0.4 is 5.32 Å². The van der Waals surface area contributed by atoms with Crippen molar-refractivity contribution in [1.29, 1.82) is 0 Å². The number of hydrogen-bond donors (Lipinski definition) is 1. The summed E-state index contributed by atoms with van der Waals surface area (Å²) in [5, 5.41) is 3.54. The number of piperidine rings is 1. The maximum absolute atomic E-state index is 12.0. The molecule has 1 fully saturated rings. The van der Waals surface area contributed by atoms with Crippen molar-refractivity contribution in [3.8, 4) is 0 Å². The van der Waals surface area contributed by atoms with Gasteiger partial charge >= 0.3 is 0 Å². The number of rotatable bonds is 2. The van der Waals surface area contributed by atoms with Crippen LogP contribution in [0.1, 0.15) is 23.3 Å². The van der Waals surface area contributed by atoms with Gasteiger partial charge in [-0.15, -0.1) is 0 Å². The summed E-state index contributed by atoms with van der Waals surface area (Å²) in [5.74, 6) is 0.165. The molecule has 1 N–H and O–H groups in total. The van der Waals surface area contributed by atoms with Crippen molar-refractivity contribution in [2.24, 2.45) is 5.92 Å². The molecule has 1 aromatic rings. The van der Waals surface area contributed by atoms with Crippen LogP contribution in [0.15, 0.2) is 12.4 Å². The van der Waals surface area contributed by atoms with E-state index in [1.807, 2.05) is 0 Å². The van der Waals surface area contributed by atoms with Crippen molar-refractivity contribution in [2.45, 2.75) is 12.8 Å². The van der Waals surface area contributed by atoms with Crippen LogP contribution in [-0.4, -0.2) is 28.8 Å². The van der Waals surface area contributed by atoms with Crippen LogP contribution in [0.3, 0.4) is 0 Å². The Morgan fingerprint density at radius 1 is 1.40 bits per heavy atom. The van der Waals surface area contributed by atoms with Gasteiger partial charge in [-0.1, -0.05) is 11.6 Å². The lowest BCUT2D eigenvalue weighted by molar-refractivity contribution is 0.0889. The predicted octanol–water partition coefficient (Wildman–Crippen LogP) is 1.31. The Labute approximate surface area is 93.1 Å². The average Bonchev–Trinajstić information content (AvgIpc) is 2.29. The number of Topliss-reactive ketones (excluding diaryl/α,β-unsaturated/α-hetero) is 1. The van der Waals surface area contributed by atoms with Gasteiger partial charge in [0.15, 0.2) is 5.78 Å². The highest BCUT2D eigenvalue weighted by Gasteiger charge is 2.23. The number of carbonyl (C=O) groups excluding carboxylic acids is 1. The fourth-order valence-corrected chi connectivity index (χ4v) is 1.91. The highest BCUT2D eigenvalue weighted by Crippen LogP contribution is 2.17. The number of hydrogen-bond acceptors (Lipinski definition) is 4. The third-order valence-electron chi connectivity index (χ3n) is 2.60. The van der Waals surface area contributed by atoms with Crippen LogP contribution in [0, 0.1) is 5.92 Å². The van der Waals surface area contributed by atoms with E-state index in [1.54, 1.807) is 0 Å². The Bertz CT molecular complexity index is 363. The first-order chi connectivity index (χ1) is 7.27. The highest BCUT2D eigenvalue weighted by molar-refractivity contribution is 6.29. The molecule has 0 aromatic carbocycles. The van der Waals surface area contributed by atoms with Crippen molar-refractivity contribution in [2.75, 3.05) is 13.1 Å². The number of carbonyl (C=O) groups is 1. The summed E-state index contributed by atoms with van der Waals surface area (Å²) in [6.07, 6.45) is 3.08. The molecule has 1 saturated heterocycles. The Hall–Kier alpha value is -1.00. The minimum atomic E-state index is 0.0808. The second-order valence-corrected chi connectivity index (χ2v) is 4.00. The lowest BCUT2D eigenvalue weighted by atomic mass is 9.92. The molecule has 0 amide bonds. The molecule has 1 aromatic heterocycles. The zero-order chi connectivity index (χ0) is 10.7. The van der Waals surface area contributed by atoms with E-state index in [2.05, 4.69) is 15.3 Å². The van der Waals surface area contributed by atoms with Gasteiger partial charge in [0.25, 0.3) is 0 Å². The maximum atomic E-state index is 12.0. The van der Waals surface area contributed by atoms with Gasteiger partial charge in [-0.25, -0.2) is 9.97 Å². The van der Waals surface area contributed by atoms with Crippen molar-refractivity contribution in [1.82, 2.24) is 15.3 Å². The van der Waals surface area contributed by atoms with E-state index >= 15 is 0 Å². The molecule has 0 atom stereocenters. The molecule has 2 rings (SSSR count). The number of halogens is 1. The quantitative estimate of drug-likeness (QED) is 0.609. The third kappa shape index (κ3) is 2.52. The van der Waals surface area contributed by atoms with E-state index in [9.17, 15) is 4.79 Å². The van der Waals surface area contributed by atoms with E-state index in [-0.39, 0.29) is 11.7 Å². The van der Waals surface area contributed by atoms with Crippen LogP contribution in [0.25, 0.3) is 0 Å². The van der Waals surface area contributed by atoms with E-state index < -0.39 is 0 Å². The summed E-state index contributed by atoms with van der Waals surface area (Å²) in [5.41, 5.74) is 0.432. The van der Waals surface area contributed by atoms with Crippen molar-refractivity contribution in [3.05, 3.63) is 23.2 Å². The Morgan fingerprint density at radius 2 is 2.13 bits per heavy atom. The first kappa shape index (κ1) is 10.5. The summed E-state index contributed by atoms with van der Waals surface area (Å²) in [4.78, 5) is 19.7. The van der Waals surface area contributed by atoms with Crippen LogP contribution in [0.2, 0.25) is 5.15 Å². The van der Waals surface area contributed by atoms with Crippen LogP contribution in [-0.2, 0) is 0 Å². The SMILES string of the molecule is O=C(c1cc(Cl)ncn1)C1CCNCC1. The molecule has 2 heterocycles. The lowest BCUT2D eigenvalue weighted by Gasteiger charge is -2.20. The molecule has 0 bridgehead atoms. The summed E-state index contributed by atoms with van der Waals surface area (Å²) < 4.78 is 0. The van der Waals surface area contributed by atoms with Crippen molar-refractivity contribution < 1.29 is 4.79 Å². The zero-order valence-electron chi connectivity index (χ0n) is 8.24. The van der Waals surface area contributed by atoms with Gasteiger partial charge in [0.1, 0.15) is 17.2 Å². The Morgan fingerprint density at radius 3 is 2.80 bits per heavy atom. The van der Waals surface area contributed by atoms with Gasteiger partial charge in [-0.05, 0) is 25.9 Å². The molecule has 15 heavy (non-hydrogen) atoms. The van der Waals surface area contributed by atoms with E-state index in [4.69, 9.17) is 11.6 Å². The smallest absolute Gasteiger partial charge is 0.184 e. The van der Waals surface area contributed by atoms with Gasteiger partial charge in [-0.2, -0.15) is 0 Å². The molecule has 0 radical (unpaired) electrons. The van der Waals surface area contributed by atoms with E-state index in [0.717, 1.165) is 25.9 Å². The second-order valence-electron chi connectivity index (χ2n) is 3.61. The fourth-order valence-electron chi connectivity index (χ4n) is 1.76. The fraction of sp³-hybridized carbons (Fsp3) is 0.500. The molecule has 0 unspecified atom stereocenters. The zero-order valence-corrected chi connectivity index (χ0v) is 9.00. The second kappa shape index (κ2) is 4.68. The van der Waals surface area contributed by atoms with Crippen LogP contribution in [0.4, 0.5) is 0 Å². The highest BCUT2D eigenvalue weighted by atomic mass is 35.5. The number of nitrogens with one attached hydrogen (secondary N) is 1. The minimum absolute atomic E-state index is 0.0808. The molecular formula is C10H12ClN3O. The molecule has 0 spiro atoms. The number of nitrogens with zero attached hydrogens (tertiary/aromatic N) is 2. The maximum Gasteiger partial charge on any atom is 0.184 e. The molecule has 4 nitrogen and oxygen atoms in total. The molecule has 0 aliphatic carbocycles. The summed E-state index contributed by atoms with van der Waals surface area (Å²) in [6.45, 7) is 1.80. The summed E-state index contributed by atoms with van der Waals surface area (Å²) in [6, 6.07) is 1.53. The van der Waals surface area contributed by atoms with Gasteiger partial charge in [0.2, 0.25) is 0 Å². The normalized spacial score (nSPS) is 17.7. The molecule has 1 aliphatic heterocycles. The number of aromatic nitrogens is 2. The third-order valence-corrected chi connectivity index (χ3v) is 2.80. The van der Waals surface area contributed by atoms with Gasteiger partial charge < -0.3 is 5.32 Å². The Kier molecular flexibility index (Phi) is 3.28.